The molecule has 128 valence electrons. The first-order valence-corrected chi connectivity index (χ1v) is 7.62. The van der Waals surface area contributed by atoms with Crippen LogP contribution in [0, 0.1) is 5.82 Å². The SMILES string of the molecule is COC(=O)C1=C(C)N(Cc2ccco2)C(=O)/C1=C\c1cccc(F)c1. The molecule has 1 aromatic heterocycles. The maximum atomic E-state index is 13.4. The highest BCUT2D eigenvalue weighted by atomic mass is 19.1. The zero-order valence-corrected chi connectivity index (χ0v) is 13.8. The average molecular weight is 341 g/mol. The van der Waals surface area contributed by atoms with Gasteiger partial charge in [-0.05, 0) is 42.8 Å². The summed E-state index contributed by atoms with van der Waals surface area (Å²) in [6, 6.07) is 9.26. The van der Waals surface area contributed by atoms with Gasteiger partial charge in [-0.15, -0.1) is 0 Å². The van der Waals surface area contributed by atoms with E-state index in [1.54, 1.807) is 25.1 Å². The zero-order chi connectivity index (χ0) is 18.0. The molecule has 5 nitrogen and oxygen atoms in total. The van der Waals surface area contributed by atoms with E-state index in [2.05, 4.69) is 0 Å². The first-order valence-electron chi connectivity index (χ1n) is 7.62. The van der Waals surface area contributed by atoms with Gasteiger partial charge in [0, 0.05) is 5.70 Å². The molecule has 0 fully saturated rings. The fourth-order valence-electron chi connectivity index (χ4n) is 2.74. The third-order valence-electron chi connectivity index (χ3n) is 3.95. The maximum absolute atomic E-state index is 13.4. The van der Waals surface area contributed by atoms with Crippen LogP contribution < -0.4 is 0 Å². The van der Waals surface area contributed by atoms with Crippen molar-refractivity contribution in [2.75, 3.05) is 7.11 Å². The second kappa shape index (κ2) is 6.76. The number of esters is 1. The Morgan fingerprint density at radius 3 is 2.76 bits per heavy atom. The van der Waals surface area contributed by atoms with Crippen LogP contribution in [0.3, 0.4) is 0 Å². The van der Waals surface area contributed by atoms with Crippen LogP contribution in [-0.2, 0) is 20.9 Å². The summed E-state index contributed by atoms with van der Waals surface area (Å²) in [5.41, 5.74) is 1.29. The molecule has 25 heavy (non-hydrogen) atoms. The summed E-state index contributed by atoms with van der Waals surface area (Å²) in [6.45, 7) is 1.86. The summed E-state index contributed by atoms with van der Waals surface area (Å²) >= 11 is 0. The van der Waals surface area contributed by atoms with Crippen molar-refractivity contribution in [2.45, 2.75) is 13.5 Å². The molecule has 1 amide bonds. The molecule has 0 atom stereocenters. The Morgan fingerprint density at radius 1 is 1.32 bits per heavy atom. The number of hydrogen-bond acceptors (Lipinski definition) is 4. The van der Waals surface area contributed by atoms with Crippen LogP contribution in [0.2, 0.25) is 0 Å². The van der Waals surface area contributed by atoms with Crippen molar-refractivity contribution in [1.82, 2.24) is 4.90 Å². The molecule has 6 heteroatoms. The van der Waals surface area contributed by atoms with E-state index < -0.39 is 11.8 Å². The highest BCUT2D eigenvalue weighted by molar-refractivity contribution is 6.16. The number of benzene rings is 1. The Kier molecular flexibility index (Phi) is 4.52. The second-order valence-corrected chi connectivity index (χ2v) is 5.54. The summed E-state index contributed by atoms with van der Waals surface area (Å²) < 4.78 is 23.5. The smallest absolute Gasteiger partial charge is 0.340 e. The average Bonchev–Trinajstić information content (AvgIpc) is 3.18. The monoisotopic (exact) mass is 341 g/mol. The number of furan rings is 1. The molecule has 0 N–H and O–H groups in total. The predicted molar refractivity (Wildman–Crippen MR) is 88.4 cm³/mol. The molecular weight excluding hydrogens is 325 g/mol. The van der Waals surface area contributed by atoms with Crippen LogP contribution >= 0.6 is 0 Å². The van der Waals surface area contributed by atoms with E-state index in [-0.39, 0.29) is 23.6 Å². The molecule has 1 aromatic carbocycles. The van der Waals surface area contributed by atoms with Crippen LogP contribution in [0.5, 0.6) is 0 Å². The van der Waals surface area contributed by atoms with E-state index >= 15 is 0 Å². The lowest BCUT2D eigenvalue weighted by atomic mass is 10.0. The van der Waals surface area contributed by atoms with Gasteiger partial charge in [-0.3, -0.25) is 4.79 Å². The van der Waals surface area contributed by atoms with Crippen molar-refractivity contribution >= 4 is 18.0 Å². The van der Waals surface area contributed by atoms with Crippen LogP contribution in [0.25, 0.3) is 6.08 Å². The van der Waals surface area contributed by atoms with Gasteiger partial charge in [0.25, 0.3) is 5.91 Å². The lowest BCUT2D eigenvalue weighted by Crippen LogP contribution is -2.24. The van der Waals surface area contributed by atoms with E-state index in [9.17, 15) is 14.0 Å². The molecule has 3 rings (SSSR count). The number of allylic oxidation sites excluding steroid dienone is 1. The molecule has 2 aromatic rings. The summed E-state index contributed by atoms with van der Waals surface area (Å²) in [5, 5.41) is 0. The first-order chi connectivity index (χ1) is 12.0. The highest BCUT2D eigenvalue weighted by Crippen LogP contribution is 2.32. The van der Waals surface area contributed by atoms with E-state index in [4.69, 9.17) is 9.15 Å². The van der Waals surface area contributed by atoms with Gasteiger partial charge in [0.05, 0.1) is 31.1 Å². The minimum Gasteiger partial charge on any atom is -0.467 e. The number of carbonyl (C=O) groups is 2. The van der Waals surface area contributed by atoms with Crippen molar-refractivity contribution in [1.29, 1.82) is 0 Å². The van der Waals surface area contributed by atoms with Gasteiger partial charge in [0.15, 0.2) is 0 Å². The van der Waals surface area contributed by atoms with E-state index in [1.807, 2.05) is 0 Å². The Labute approximate surface area is 144 Å². The normalized spacial score (nSPS) is 16.0. The molecule has 1 aliphatic heterocycles. The Hall–Kier alpha value is -3.15. The van der Waals surface area contributed by atoms with Gasteiger partial charge in [0.1, 0.15) is 11.6 Å². The third-order valence-corrected chi connectivity index (χ3v) is 3.95. The van der Waals surface area contributed by atoms with Crippen LogP contribution in [0.4, 0.5) is 4.39 Å². The number of methoxy groups -OCH3 is 1. The fourth-order valence-corrected chi connectivity index (χ4v) is 2.74. The molecule has 0 aliphatic carbocycles. The Morgan fingerprint density at radius 2 is 2.12 bits per heavy atom. The molecule has 0 spiro atoms. The lowest BCUT2D eigenvalue weighted by molar-refractivity contribution is -0.136. The predicted octanol–water partition coefficient (Wildman–Crippen LogP) is 3.29. The molecule has 0 bridgehead atoms. The van der Waals surface area contributed by atoms with Crippen molar-refractivity contribution in [3.8, 4) is 0 Å². The van der Waals surface area contributed by atoms with Gasteiger partial charge in [-0.2, -0.15) is 0 Å². The van der Waals surface area contributed by atoms with E-state index in [0.717, 1.165) is 0 Å². The quantitative estimate of drug-likeness (QED) is 0.632. The molecular formula is C19H16FNO4. The Bertz CT molecular complexity index is 881. The standard InChI is InChI=1S/C19H16FNO4/c1-12-17(19(23)24-2)16(10-13-5-3-6-14(20)9-13)18(22)21(12)11-15-7-4-8-25-15/h3-10H,11H2,1-2H3/b16-10-. The molecule has 0 radical (unpaired) electrons. The minimum atomic E-state index is -0.615. The largest absolute Gasteiger partial charge is 0.467 e. The van der Waals surface area contributed by atoms with Gasteiger partial charge < -0.3 is 14.1 Å². The van der Waals surface area contributed by atoms with Crippen molar-refractivity contribution < 1.29 is 23.1 Å². The number of halogens is 1. The molecule has 0 saturated carbocycles. The maximum Gasteiger partial charge on any atom is 0.340 e. The third kappa shape index (κ3) is 3.24. The number of amides is 1. The molecule has 1 aliphatic rings. The van der Waals surface area contributed by atoms with Gasteiger partial charge >= 0.3 is 5.97 Å². The van der Waals surface area contributed by atoms with E-state index in [0.29, 0.717) is 17.0 Å². The summed E-state index contributed by atoms with van der Waals surface area (Å²) in [7, 11) is 1.25. The number of nitrogens with zero attached hydrogens (tertiary/aromatic N) is 1. The number of carbonyl (C=O) groups excluding carboxylic acids is 2. The second-order valence-electron chi connectivity index (χ2n) is 5.54. The first kappa shape index (κ1) is 16.7. The molecule has 0 unspecified atom stereocenters. The fraction of sp³-hybridized carbons (Fsp3) is 0.158. The number of rotatable bonds is 4. The zero-order valence-electron chi connectivity index (χ0n) is 13.8. The number of ether oxygens (including phenoxy) is 1. The van der Waals surface area contributed by atoms with Crippen LogP contribution in [-0.4, -0.2) is 23.9 Å². The summed E-state index contributed by atoms with van der Waals surface area (Å²) in [5.74, 6) is -0.814. The topological polar surface area (TPSA) is 59.8 Å². The Balaban J connectivity index is 2.04. The van der Waals surface area contributed by atoms with Crippen LogP contribution in [0.1, 0.15) is 18.2 Å². The van der Waals surface area contributed by atoms with E-state index in [1.165, 1.54) is 42.5 Å². The molecule has 0 saturated heterocycles. The lowest BCUT2D eigenvalue weighted by Gasteiger charge is -2.16. The highest BCUT2D eigenvalue weighted by Gasteiger charge is 2.37. The van der Waals surface area contributed by atoms with Crippen molar-refractivity contribution in [2.24, 2.45) is 0 Å². The van der Waals surface area contributed by atoms with Gasteiger partial charge in [-0.1, -0.05) is 12.1 Å². The van der Waals surface area contributed by atoms with Crippen LogP contribution in [0.15, 0.2) is 63.9 Å². The summed E-state index contributed by atoms with van der Waals surface area (Å²) in [6.07, 6.45) is 3.00. The minimum absolute atomic E-state index is 0.168. The van der Waals surface area contributed by atoms with Crippen molar-refractivity contribution in [3.05, 3.63) is 76.6 Å². The van der Waals surface area contributed by atoms with Crippen molar-refractivity contribution in [3.63, 3.8) is 0 Å². The molecule has 2 heterocycles. The van der Waals surface area contributed by atoms with Gasteiger partial charge in [0.2, 0.25) is 0 Å². The van der Waals surface area contributed by atoms with Gasteiger partial charge in [-0.25, -0.2) is 9.18 Å². The number of hydrogen-bond donors (Lipinski definition) is 0. The summed E-state index contributed by atoms with van der Waals surface area (Å²) in [4.78, 5) is 26.5.